The number of nitroso groups, excluding NO2 is 2. The molecule has 2 N–H and O–H groups in total. The molecule has 0 aromatic carbocycles. The lowest BCUT2D eigenvalue weighted by atomic mass is 10.2. The molecule has 0 bridgehead atoms. The zero-order chi connectivity index (χ0) is 24.4. The van der Waals surface area contributed by atoms with E-state index in [9.17, 15) is 36.2 Å². The van der Waals surface area contributed by atoms with Crippen molar-refractivity contribution in [1.29, 1.82) is 0 Å². The number of hydrogen-bond donors (Lipinski definition) is 2. The van der Waals surface area contributed by atoms with Crippen LogP contribution in [0.1, 0.15) is 12.8 Å². The van der Waals surface area contributed by atoms with Crippen LogP contribution in [0.3, 0.4) is 0 Å². The van der Waals surface area contributed by atoms with Crippen LogP contribution in [0, 0.1) is 9.81 Å². The molecule has 18 heteroatoms. The number of hydrogen-bond acceptors (Lipinski definition) is 10. The van der Waals surface area contributed by atoms with E-state index in [1.165, 1.54) is 0 Å². The van der Waals surface area contributed by atoms with E-state index in [2.05, 4.69) is 21.2 Å². The second-order valence-corrected chi connectivity index (χ2v) is 12.1. The molecule has 184 valence electrons. The molecule has 4 amide bonds. The molecule has 2 atom stereocenters. The maximum absolute atomic E-state index is 11.4. The average molecular weight is 539 g/mol. The van der Waals surface area contributed by atoms with Gasteiger partial charge in [0.2, 0.25) is 0 Å². The van der Waals surface area contributed by atoms with E-state index >= 15 is 0 Å². The summed E-state index contributed by atoms with van der Waals surface area (Å²) < 4.78 is 44.6. The van der Waals surface area contributed by atoms with Gasteiger partial charge in [-0.3, -0.25) is 0 Å². The first-order valence-corrected chi connectivity index (χ1v) is 14.0. The molecule has 2 fully saturated rings. The first kappa shape index (κ1) is 28.3. The average Bonchev–Trinajstić information content (AvgIpc) is 3.25. The van der Waals surface area contributed by atoms with Crippen molar-refractivity contribution in [3.63, 3.8) is 0 Å². The lowest BCUT2D eigenvalue weighted by Gasteiger charge is -2.19. The Morgan fingerprint density at radius 1 is 0.906 bits per heavy atom. The van der Waals surface area contributed by atoms with Crippen LogP contribution in [0.15, 0.2) is 10.6 Å². The highest BCUT2D eigenvalue weighted by molar-refractivity contribution is 7.91. The van der Waals surface area contributed by atoms with E-state index in [0.29, 0.717) is 16.4 Å². The van der Waals surface area contributed by atoms with Crippen LogP contribution in [-0.4, -0.2) is 98.9 Å². The normalized spacial score (nSPS) is 22.7. The van der Waals surface area contributed by atoms with E-state index < -0.39 is 43.8 Å². The van der Waals surface area contributed by atoms with Crippen molar-refractivity contribution in [2.75, 3.05) is 47.9 Å². The van der Waals surface area contributed by atoms with Gasteiger partial charge in [-0.15, -0.1) is 33.0 Å². The molecule has 0 aromatic rings. The summed E-state index contributed by atoms with van der Waals surface area (Å²) in [7, 11) is -6.21. The Hall–Kier alpha value is -1.78. The molecule has 14 nitrogen and oxygen atoms in total. The Labute approximate surface area is 195 Å². The number of urea groups is 2. The fraction of sp³-hybridized carbons (Fsp3) is 0.857. The standard InChI is InChI=1S/2C7H12ClN3O4S/c8-2-3-11(10-13)7(12)9-6-1-4-16(14,15)5-6;8-2-3-9-7(12)11(10-13)6-1-4-16(14,15)5-6/h2*6H,1-5H2,(H,9,12). The molecule has 2 unspecified atom stereocenters. The highest BCUT2D eigenvalue weighted by atomic mass is 35.5. The van der Waals surface area contributed by atoms with Gasteiger partial charge in [0.05, 0.1) is 46.2 Å². The summed E-state index contributed by atoms with van der Waals surface area (Å²) in [4.78, 5) is 43.6. The van der Waals surface area contributed by atoms with Crippen molar-refractivity contribution < 1.29 is 26.4 Å². The summed E-state index contributed by atoms with van der Waals surface area (Å²) in [5.74, 6) is 0.0251. The monoisotopic (exact) mass is 538 g/mol. The Kier molecular flexibility index (Phi) is 11.5. The van der Waals surface area contributed by atoms with Gasteiger partial charge in [-0.2, -0.15) is 10.0 Å². The molecule has 2 rings (SSSR count). The number of carbonyl (C=O) groups is 2. The maximum atomic E-state index is 11.4. The Balaban J connectivity index is 0.000000320. The van der Waals surface area contributed by atoms with Crippen LogP contribution in [-0.2, 0) is 19.7 Å². The van der Waals surface area contributed by atoms with Gasteiger partial charge >= 0.3 is 12.1 Å². The maximum Gasteiger partial charge on any atom is 0.340 e. The summed E-state index contributed by atoms with van der Waals surface area (Å²) in [6, 6.07) is -2.54. The zero-order valence-corrected chi connectivity index (χ0v) is 20.0. The van der Waals surface area contributed by atoms with Crippen molar-refractivity contribution in [3.8, 4) is 0 Å². The van der Waals surface area contributed by atoms with E-state index in [0.717, 1.165) is 0 Å². The zero-order valence-electron chi connectivity index (χ0n) is 16.9. The molecule has 2 aliphatic rings. The molecule has 0 radical (unpaired) electrons. The van der Waals surface area contributed by atoms with Crippen LogP contribution < -0.4 is 10.6 Å². The van der Waals surface area contributed by atoms with Crippen molar-refractivity contribution in [2.24, 2.45) is 10.6 Å². The minimum absolute atomic E-state index is 0.00361. The molecular formula is C14H24Cl2N6O8S2. The topological polar surface area (TPSA) is 192 Å². The predicted octanol–water partition coefficient (Wildman–Crippen LogP) is 0.211. The van der Waals surface area contributed by atoms with Gasteiger partial charge in [0.25, 0.3) is 0 Å². The molecule has 2 saturated heterocycles. The third kappa shape index (κ3) is 9.38. The van der Waals surface area contributed by atoms with E-state index in [1.807, 2.05) is 0 Å². The van der Waals surface area contributed by atoms with E-state index in [4.69, 9.17) is 23.2 Å². The summed E-state index contributed by atoms with van der Waals surface area (Å²) in [6.45, 7) is 0.197. The molecule has 0 saturated carbocycles. The molecule has 2 aliphatic heterocycles. The number of carbonyl (C=O) groups excluding carboxylic acids is 2. The van der Waals surface area contributed by atoms with Gasteiger partial charge in [-0.1, -0.05) is 0 Å². The number of amides is 4. The minimum Gasteiger partial charge on any atom is -0.335 e. The summed E-state index contributed by atoms with van der Waals surface area (Å²) in [6.07, 6.45) is 0.601. The van der Waals surface area contributed by atoms with Crippen LogP contribution in [0.2, 0.25) is 0 Å². The van der Waals surface area contributed by atoms with Crippen LogP contribution in [0.4, 0.5) is 9.59 Å². The Morgan fingerprint density at radius 3 is 1.97 bits per heavy atom. The number of nitrogens with one attached hydrogen (secondary N) is 2. The number of sulfone groups is 2. The fourth-order valence-electron chi connectivity index (χ4n) is 2.89. The first-order chi connectivity index (χ1) is 15.0. The third-order valence-corrected chi connectivity index (χ3v) is 8.29. The van der Waals surface area contributed by atoms with E-state index in [-0.39, 0.29) is 54.3 Å². The first-order valence-electron chi connectivity index (χ1n) is 9.33. The number of nitrogens with zero attached hydrogens (tertiary/aromatic N) is 4. The van der Waals surface area contributed by atoms with Gasteiger partial charge in [0.15, 0.2) is 19.7 Å². The molecule has 0 aliphatic carbocycles. The largest absolute Gasteiger partial charge is 0.340 e. The summed E-state index contributed by atoms with van der Waals surface area (Å²) >= 11 is 10.7. The number of halogens is 2. The van der Waals surface area contributed by atoms with Gasteiger partial charge in [0.1, 0.15) is 0 Å². The van der Waals surface area contributed by atoms with Gasteiger partial charge in [-0.05, 0) is 12.8 Å². The summed E-state index contributed by atoms with van der Waals surface area (Å²) in [5.41, 5.74) is 0. The van der Waals surface area contributed by atoms with Crippen LogP contribution in [0.25, 0.3) is 0 Å². The lowest BCUT2D eigenvalue weighted by molar-refractivity contribution is 0.182. The molecule has 0 spiro atoms. The third-order valence-electron chi connectivity index (χ3n) is 4.41. The second kappa shape index (κ2) is 13.1. The smallest absolute Gasteiger partial charge is 0.335 e. The van der Waals surface area contributed by atoms with Gasteiger partial charge in [-0.25, -0.2) is 26.4 Å². The fourth-order valence-corrected chi connectivity index (χ4v) is 6.51. The van der Waals surface area contributed by atoms with Gasteiger partial charge < -0.3 is 10.6 Å². The molecule has 2 heterocycles. The minimum atomic E-state index is -3.15. The second-order valence-electron chi connectivity index (χ2n) is 6.85. The quantitative estimate of drug-likeness (QED) is 0.248. The highest BCUT2D eigenvalue weighted by Gasteiger charge is 2.35. The highest BCUT2D eigenvalue weighted by Crippen LogP contribution is 2.18. The van der Waals surface area contributed by atoms with Gasteiger partial charge in [0, 0.05) is 24.3 Å². The Bertz CT molecular complexity index is 886. The lowest BCUT2D eigenvalue weighted by Crippen LogP contribution is -2.43. The Morgan fingerprint density at radius 2 is 1.53 bits per heavy atom. The number of rotatable bonds is 8. The van der Waals surface area contributed by atoms with E-state index in [1.54, 1.807) is 0 Å². The van der Waals surface area contributed by atoms with Crippen LogP contribution >= 0.6 is 23.2 Å². The van der Waals surface area contributed by atoms with Crippen molar-refractivity contribution in [2.45, 2.75) is 24.9 Å². The summed E-state index contributed by atoms with van der Waals surface area (Å²) in [5, 5.41) is 11.1. The molecule has 0 aromatic heterocycles. The van der Waals surface area contributed by atoms with Crippen molar-refractivity contribution >= 4 is 54.9 Å². The molecular weight excluding hydrogens is 515 g/mol. The van der Waals surface area contributed by atoms with Crippen molar-refractivity contribution in [3.05, 3.63) is 9.81 Å². The predicted molar refractivity (Wildman–Crippen MR) is 118 cm³/mol. The van der Waals surface area contributed by atoms with Crippen molar-refractivity contribution in [1.82, 2.24) is 20.7 Å². The number of alkyl halides is 2. The molecule has 32 heavy (non-hydrogen) atoms. The SMILES string of the molecule is O=NN(C(=O)NCCCl)C1CCS(=O)(=O)C1.O=NN(CCCl)C(=O)NC1CCS(=O)(=O)C1. The van der Waals surface area contributed by atoms with Crippen LogP contribution in [0.5, 0.6) is 0 Å².